The minimum absolute atomic E-state index is 0.00899. The Balaban J connectivity index is 2.01. The maximum absolute atomic E-state index is 12.2. The van der Waals surface area contributed by atoms with Crippen LogP contribution in [0, 0.1) is 0 Å². The molecule has 7 nitrogen and oxygen atoms in total. The monoisotopic (exact) mass is 342 g/mol. The fourth-order valence-corrected chi connectivity index (χ4v) is 4.27. The molecule has 1 aromatic rings. The van der Waals surface area contributed by atoms with Crippen LogP contribution in [0.4, 0.5) is 4.79 Å². The van der Waals surface area contributed by atoms with Crippen molar-refractivity contribution in [3.05, 3.63) is 23.8 Å². The second-order valence-corrected chi connectivity index (χ2v) is 7.79. The molecule has 1 heterocycles. The van der Waals surface area contributed by atoms with E-state index in [2.05, 4.69) is 5.32 Å². The van der Waals surface area contributed by atoms with Gasteiger partial charge in [-0.2, -0.15) is 0 Å². The average Bonchev–Trinajstić information content (AvgIpc) is 2.85. The molecule has 2 amide bonds. The number of carbonyl (C=O) groups excluding carboxylic acids is 1. The molecular weight excluding hydrogens is 320 g/mol. The van der Waals surface area contributed by atoms with Gasteiger partial charge in [0.1, 0.15) is 0 Å². The van der Waals surface area contributed by atoms with E-state index < -0.39 is 9.84 Å². The third-order valence-electron chi connectivity index (χ3n) is 3.80. The standard InChI is InChI=1S/C15H22N2O5S/c1-17(15(18)16-12-7-8-23(19,20)10-12)9-11-5-4-6-13(21-2)14(11)22-3/h4-6,12H,7-10H2,1-3H3,(H,16,18)/t12-/m1/s1. The molecule has 0 saturated carbocycles. The van der Waals surface area contributed by atoms with Crippen LogP contribution in [0.2, 0.25) is 0 Å². The van der Waals surface area contributed by atoms with E-state index in [9.17, 15) is 13.2 Å². The second-order valence-electron chi connectivity index (χ2n) is 5.56. The van der Waals surface area contributed by atoms with Crippen LogP contribution >= 0.6 is 0 Å². The van der Waals surface area contributed by atoms with E-state index in [4.69, 9.17) is 9.47 Å². The Kier molecular flexibility index (Phi) is 5.35. The van der Waals surface area contributed by atoms with Crippen LogP contribution < -0.4 is 14.8 Å². The van der Waals surface area contributed by atoms with Crippen molar-refractivity contribution in [1.82, 2.24) is 10.2 Å². The van der Waals surface area contributed by atoms with E-state index in [0.717, 1.165) is 5.56 Å². The van der Waals surface area contributed by atoms with Crippen molar-refractivity contribution < 1.29 is 22.7 Å². The van der Waals surface area contributed by atoms with E-state index in [0.29, 0.717) is 24.5 Å². The highest BCUT2D eigenvalue weighted by atomic mass is 32.2. The Morgan fingerprint density at radius 1 is 1.35 bits per heavy atom. The zero-order chi connectivity index (χ0) is 17.0. The summed E-state index contributed by atoms with van der Waals surface area (Å²) in [5.41, 5.74) is 0.809. The van der Waals surface area contributed by atoms with Crippen LogP contribution in [0.5, 0.6) is 11.5 Å². The van der Waals surface area contributed by atoms with Gasteiger partial charge in [0, 0.05) is 18.7 Å². The van der Waals surface area contributed by atoms with Crippen LogP contribution in [0.25, 0.3) is 0 Å². The van der Waals surface area contributed by atoms with Gasteiger partial charge in [-0.05, 0) is 12.5 Å². The minimum Gasteiger partial charge on any atom is -0.493 e. The fourth-order valence-electron chi connectivity index (χ4n) is 2.60. The highest BCUT2D eigenvalue weighted by Crippen LogP contribution is 2.31. The molecule has 8 heteroatoms. The molecular formula is C15H22N2O5S. The van der Waals surface area contributed by atoms with Gasteiger partial charge in [0.2, 0.25) is 0 Å². The minimum atomic E-state index is -3.02. The van der Waals surface area contributed by atoms with Gasteiger partial charge in [0.25, 0.3) is 0 Å². The van der Waals surface area contributed by atoms with E-state index in [1.165, 1.54) is 4.90 Å². The van der Waals surface area contributed by atoms with Gasteiger partial charge >= 0.3 is 6.03 Å². The van der Waals surface area contributed by atoms with Crippen molar-refractivity contribution in [2.45, 2.75) is 19.0 Å². The topological polar surface area (TPSA) is 84.9 Å². The number of methoxy groups -OCH3 is 2. The van der Waals surface area contributed by atoms with Crippen LogP contribution in [0.1, 0.15) is 12.0 Å². The first kappa shape index (κ1) is 17.4. The van der Waals surface area contributed by atoms with Crippen LogP contribution in [0.15, 0.2) is 18.2 Å². The van der Waals surface area contributed by atoms with E-state index in [1.807, 2.05) is 12.1 Å². The molecule has 1 fully saturated rings. The molecule has 0 aromatic heterocycles. The zero-order valence-corrected chi connectivity index (χ0v) is 14.4. The molecule has 1 aliphatic heterocycles. The number of benzene rings is 1. The molecule has 1 saturated heterocycles. The zero-order valence-electron chi connectivity index (χ0n) is 13.5. The first-order chi connectivity index (χ1) is 10.9. The SMILES string of the molecule is COc1cccc(CN(C)C(=O)N[C@@H]2CCS(=O)(=O)C2)c1OC. The van der Waals surface area contributed by atoms with Crippen LogP contribution in [-0.2, 0) is 16.4 Å². The number of urea groups is 1. The number of sulfone groups is 1. The van der Waals surface area contributed by atoms with Gasteiger partial charge in [0.15, 0.2) is 21.3 Å². The lowest BCUT2D eigenvalue weighted by atomic mass is 10.1. The van der Waals surface area contributed by atoms with Gasteiger partial charge < -0.3 is 19.7 Å². The maximum atomic E-state index is 12.2. The number of nitrogens with one attached hydrogen (secondary N) is 1. The number of hydrogen-bond acceptors (Lipinski definition) is 5. The van der Waals surface area contributed by atoms with Crippen LogP contribution in [-0.4, -0.2) is 58.2 Å². The van der Waals surface area contributed by atoms with Gasteiger partial charge in [-0.25, -0.2) is 13.2 Å². The van der Waals surface area contributed by atoms with Crippen LogP contribution in [0.3, 0.4) is 0 Å². The van der Waals surface area contributed by atoms with Crippen molar-refractivity contribution in [2.24, 2.45) is 0 Å². The molecule has 0 radical (unpaired) electrons. The van der Waals surface area contributed by atoms with Crippen molar-refractivity contribution >= 4 is 15.9 Å². The summed E-state index contributed by atoms with van der Waals surface area (Å²) in [4.78, 5) is 13.7. The second kappa shape index (κ2) is 7.08. The molecule has 0 unspecified atom stereocenters. The average molecular weight is 342 g/mol. The summed E-state index contributed by atoms with van der Waals surface area (Å²) in [7, 11) is 1.74. The van der Waals surface area contributed by atoms with Crippen molar-refractivity contribution in [2.75, 3.05) is 32.8 Å². The number of amides is 2. The molecule has 0 bridgehead atoms. The molecule has 128 valence electrons. The predicted molar refractivity (Wildman–Crippen MR) is 86.6 cm³/mol. The summed E-state index contributed by atoms with van der Waals surface area (Å²) in [6.45, 7) is 0.325. The number of carbonyl (C=O) groups is 1. The lowest BCUT2D eigenvalue weighted by Gasteiger charge is -2.22. The summed E-state index contributed by atoms with van der Waals surface area (Å²) in [5.74, 6) is 1.32. The van der Waals surface area contributed by atoms with Gasteiger partial charge in [-0.1, -0.05) is 12.1 Å². The quantitative estimate of drug-likeness (QED) is 0.864. The summed E-state index contributed by atoms with van der Waals surface area (Å²) in [6.07, 6.45) is 0.463. The molecule has 0 aliphatic carbocycles. The Bertz CT molecular complexity index is 674. The highest BCUT2D eigenvalue weighted by molar-refractivity contribution is 7.91. The summed E-state index contributed by atoms with van der Waals surface area (Å²) >= 11 is 0. The molecule has 23 heavy (non-hydrogen) atoms. The maximum Gasteiger partial charge on any atom is 0.317 e. The molecule has 1 atom stereocenters. The van der Waals surface area contributed by atoms with Crippen molar-refractivity contribution in [3.63, 3.8) is 0 Å². The lowest BCUT2D eigenvalue weighted by molar-refractivity contribution is 0.203. The van der Waals surface area contributed by atoms with Gasteiger partial charge in [0.05, 0.1) is 32.3 Å². The predicted octanol–water partition coefficient (Wildman–Crippen LogP) is 1.03. The number of nitrogens with zero attached hydrogens (tertiary/aromatic N) is 1. The third kappa shape index (κ3) is 4.28. The first-order valence-corrected chi connectivity index (χ1v) is 9.10. The number of rotatable bonds is 5. The van der Waals surface area contributed by atoms with E-state index in [-0.39, 0.29) is 23.6 Å². The molecule has 0 spiro atoms. The van der Waals surface area contributed by atoms with Crippen molar-refractivity contribution in [1.29, 1.82) is 0 Å². The molecule has 1 N–H and O–H groups in total. The number of hydrogen-bond donors (Lipinski definition) is 1. The smallest absolute Gasteiger partial charge is 0.317 e. The van der Waals surface area contributed by atoms with Crippen molar-refractivity contribution in [3.8, 4) is 11.5 Å². The summed E-state index contributed by atoms with van der Waals surface area (Å²) < 4.78 is 33.5. The van der Waals surface area contributed by atoms with Gasteiger partial charge in [-0.15, -0.1) is 0 Å². The molecule has 1 aromatic carbocycles. The molecule has 2 rings (SSSR count). The summed E-state index contributed by atoms with van der Waals surface area (Å²) in [6, 6.07) is 4.84. The summed E-state index contributed by atoms with van der Waals surface area (Å²) in [5, 5.41) is 2.76. The Labute approximate surface area is 136 Å². The van der Waals surface area contributed by atoms with E-state index in [1.54, 1.807) is 27.3 Å². The normalized spacial score (nSPS) is 19.2. The first-order valence-electron chi connectivity index (χ1n) is 7.28. The van der Waals surface area contributed by atoms with E-state index >= 15 is 0 Å². The third-order valence-corrected chi connectivity index (χ3v) is 5.57. The largest absolute Gasteiger partial charge is 0.493 e. The Hall–Kier alpha value is -1.96. The Morgan fingerprint density at radius 3 is 2.65 bits per heavy atom. The highest BCUT2D eigenvalue weighted by Gasteiger charge is 2.29. The molecule has 1 aliphatic rings. The Morgan fingerprint density at radius 2 is 2.09 bits per heavy atom. The lowest BCUT2D eigenvalue weighted by Crippen LogP contribution is -2.43. The fraction of sp³-hybridized carbons (Fsp3) is 0.533. The van der Waals surface area contributed by atoms with Gasteiger partial charge in [-0.3, -0.25) is 0 Å². The number of para-hydroxylation sites is 1. The number of ether oxygens (including phenoxy) is 2.